The molecule has 0 atom stereocenters. The van der Waals surface area contributed by atoms with Crippen LogP contribution in [0.15, 0.2) is 65.8 Å². The van der Waals surface area contributed by atoms with Crippen molar-refractivity contribution in [2.45, 2.75) is 38.0 Å². The molecule has 1 saturated heterocycles. The highest BCUT2D eigenvalue weighted by atomic mass is 35.5. The summed E-state index contributed by atoms with van der Waals surface area (Å²) < 4.78 is 3.72. The van der Waals surface area contributed by atoms with Crippen molar-refractivity contribution in [2.24, 2.45) is 0 Å². The number of piperidine rings is 1. The van der Waals surface area contributed by atoms with Crippen LogP contribution in [0.4, 0.5) is 0 Å². The summed E-state index contributed by atoms with van der Waals surface area (Å²) in [6.07, 6.45) is 6.80. The number of hydrogen-bond donors (Lipinski definition) is 0. The zero-order chi connectivity index (χ0) is 26.2. The highest BCUT2D eigenvalue weighted by Gasteiger charge is 2.39. The van der Waals surface area contributed by atoms with Gasteiger partial charge in [-0.1, -0.05) is 29.8 Å². The Hall–Kier alpha value is -4.04. The highest BCUT2D eigenvalue weighted by molar-refractivity contribution is 6.35. The molecule has 38 heavy (non-hydrogen) atoms. The average molecular weight is 525 g/mol. The first kappa shape index (κ1) is 23.1. The summed E-state index contributed by atoms with van der Waals surface area (Å²) in [5.41, 5.74) is 4.58. The predicted molar refractivity (Wildman–Crippen MR) is 145 cm³/mol. The smallest absolute Gasteiger partial charge is 0.282 e. The predicted octanol–water partition coefficient (Wildman–Crippen LogP) is 4.74. The molecular formula is C29H25ClN6O2. The van der Waals surface area contributed by atoms with Crippen molar-refractivity contribution in [3.8, 4) is 5.69 Å². The van der Waals surface area contributed by atoms with Crippen LogP contribution < -0.4 is 5.56 Å². The van der Waals surface area contributed by atoms with Gasteiger partial charge < -0.3 is 4.90 Å². The minimum absolute atomic E-state index is 0.0276. The van der Waals surface area contributed by atoms with Gasteiger partial charge in [0.25, 0.3) is 11.5 Å². The zero-order valence-corrected chi connectivity index (χ0v) is 21.8. The maximum Gasteiger partial charge on any atom is 0.282 e. The number of fused-ring (bicyclic) bond motifs is 6. The van der Waals surface area contributed by atoms with Gasteiger partial charge in [0.15, 0.2) is 5.65 Å². The first-order valence-corrected chi connectivity index (χ1v) is 13.2. The van der Waals surface area contributed by atoms with Gasteiger partial charge in [-0.25, -0.2) is 9.50 Å². The highest BCUT2D eigenvalue weighted by Crippen LogP contribution is 2.44. The number of nitrogens with zero attached hydrogens (tertiary/aromatic N) is 6. The number of halogens is 1. The summed E-state index contributed by atoms with van der Waals surface area (Å²) >= 11 is 6.43. The Labute approximate surface area is 223 Å². The molecule has 9 heteroatoms. The number of carbonyl (C=O) groups is 1. The maximum atomic E-state index is 13.2. The van der Waals surface area contributed by atoms with E-state index in [9.17, 15) is 9.59 Å². The van der Waals surface area contributed by atoms with Crippen LogP contribution >= 0.6 is 11.6 Å². The van der Waals surface area contributed by atoms with E-state index >= 15 is 0 Å². The number of aromatic nitrogens is 5. The van der Waals surface area contributed by atoms with Crippen molar-refractivity contribution in [2.75, 3.05) is 13.1 Å². The van der Waals surface area contributed by atoms with E-state index in [0.29, 0.717) is 40.6 Å². The van der Waals surface area contributed by atoms with Gasteiger partial charge in [0.2, 0.25) is 0 Å². The van der Waals surface area contributed by atoms with Crippen LogP contribution in [0.3, 0.4) is 0 Å². The van der Waals surface area contributed by atoms with Crippen molar-refractivity contribution in [1.29, 1.82) is 0 Å². The summed E-state index contributed by atoms with van der Waals surface area (Å²) in [4.78, 5) is 36.9. The van der Waals surface area contributed by atoms with Gasteiger partial charge in [-0.2, -0.15) is 10.1 Å². The molecular weight excluding hydrogens is 500 g/mol. The van der Waals surface area contributed by atoms with E-state index in [-0.39, 0.29) is 11.5 Å². The lowest BCUT2D eigenvalue weighted by molar-refractivity contribution is 0.0714. The molecule has 2 aliphatic heterocycles. The summed E-state index contributed by atoms with van der Waals surface area (Å²) in [7, 11) is 0. The van der Waals surface area contributed by atoms with Gasteiger partial charge in [-0.05, 0) is 68.0 Å². The Kier molecular flexibility index (Phi) is 5.00. The largest absolute Gasteiger partial charge is 0.338 e. The van der Waals surface area contributed by atoms with Crippen LogP contribution in [-0.4, -0.2) is 48.0 Å². The molecule has 8 nitrogen and oxygen atoms in total. The number of benzene rings is 2. The van der Waals surface area contributed by atoms with E-state index in [0.717, 1.165) is 35.4 Å². The van der Waals surface area contributed by atoms with Crippen LogP contribution in [0.1, 0.15) is 59.9 Å². The molecule has 0 saturated carbocycles. The van der Waals surface area contributed by atoms with Crippen molar-refractivity contribution in [3.63, 3.8) is 0 Å². The third-order valence-corrected chi connectivity index (χ3v) is 8.44. The van der Waals surface area contributed by atoms with E-state index in [2.05, 4.69) is 51.7 Å². The van der Waals surface area contributed by atoms with Crippen molar-refractivity contribution >= 4 is 34.1 Å². The third kappa shape index (κ3) is 3.26. The molecule has 0 spiro atoms. The van der Waals surface area contributed by atoms with E-state index < -0.39 is 5.41 Å². The van der Waals surface area contributed by atoms with Gasteiger partial charge in [0.1, 0.15) is 11.4 Å². The van der Waals surface area contributed by atoms with Gasteiger partial charge in [0.05, 0.1) is 33.2 Å². The van der Waals surface area contributed by atoms with Crippen LogP contribution in [-0.2, 0) is 5.41 Å². The maximum absolute atomic E-state index is 13.2. The number of rotatable bonds is 2. The SMILES string of the molecule is CC1(C)c2ccc(C3CCN(C(=O)c4cnn5cccnc45)CC3)cc2-n2c1nc(=O)c1c(Cl)cccc12. The Bertz CT molecular complexity index is 1830. The molecule has 0 unspecified atom stereocenters. The number of likely N-dealkylation sites (tertiary alicyclic amines) is 1. The molecule has 0 N–H and O–H groups in total. The molecule has 0 radical (unpaired) electrons. The minimum Gasteiger partial charge on any atom is -0.338 e. The van der Waals surface area contributed by atoms with E-state index in [1.165, 1.54) is 5.56 Å². The van der Waals surface area contributed by atoms with E-state index in [4.69, 9.17) is 11.6 Å². The normalized spacial score (nSPS) is 16.7. The first-order chi connectivity index (χ1) is 18.3. The van der Waals surface area contributed by atoms with Crippen LogP contribution in [0.5, 0.6) is 0 Å². The zero-order valence-electron chi connectivity index (χ0n) is 21.1. The van der Waals surface area contributed by atoms with E-state index in [1.807, 2.05) is 17.0 Å². The molecule has 5 heterocycles. The Morgan fingerprint density at radius 2 is 1.92 bits per heavy atom. The first-order valence-electron chi connectivity index (χ1n) is 12.8. The second-order valence-electron chi connectivity index (χ2n) is 10.6. The Balaban J connectivity index is 1.21. The van der Waals surface area contributed by atoms with Gasteiger partial charge in [-0.15, -0.1) is 0 Å². The topological polar surface area (TPSA) is 85.4 Å². The summed E-state index contributed by atoms with van der Waals surface area (Å²) in [5, 5.41) is 5.12. The third-order valence-electron chi connectivity index (χ3n) is 8.12. The fraction of sp³-hybridized carbons (Fsp3) is 0.276. The van der Waals surface area contributed by atoms with Crippen LogP contribution in [0, 0.1) is 0 Å². The monoisotopic (exact) mass is 524 g/mol. The number of hydrogen-bond acceptors (Lipinski definition) is 5. The lowest BCUT2D eigenvalue weighted by atomic mass is 9.83. The molecule has 190 valence electrons. The van der Waals surface area contributed by atoms with E-state index in [1.54, 1.807) is 35.2 Å². The summed E-state index contributed by atoms with van der Waals surface area (Å²) in [5.74, 6) is 1.02. The molecule has 5 aromatic rings. The fourth-order valence-corrected chi connectivity index (χ4v) is 6.34. The molecule has 2 aromatic carbocycles. The minimum atomic E-state index is -0.415. The molecule has 0 bridgehead atoms. The number of amides is 1. The second kappa shape index (κ2) is 8.23. The summed E-state index contributed by atoms with van der Waals surface area (Å²) in [6, 6.07) is 13.9. The molecule has 1 fully saturated rings. The van der Waals surface area contributed by atoms with Crippen molar-refractivity contribution in [1.82, 2.24) is 29.0 Å². The second-order valence-corrected chi connectivity index (χ2v) is 11.0. The van der Waals surface area contributed by atoms with Gasteiger partial charge in [0, 0.05) is 25.5 Å². The average Bonchev–Trinajstić information content (AvgIpc) is 3.45. The van der Waals surface area contributed by atoms with Crippen molar-refractivity contribution < 1.29 is 4.79 Å². The van der Waals surface area contributed by atoms with Crippen molar-refractivity contribution in [3.05, 3.63) is 98.9 Å². The molecule has 1 amide bonds. The van der Waals surface area contributed by atoms with Gasteiger partial charge in [-0.3, -0.25) is 14.2 Å². The lowest BCUT2D eigenvalue weighted by Crippen LogP contribution is -2.38. The molecule has 7 rings (SSSR count). The summed E-state index contributed by atoms with van der Waals surface area (Å²) in [6.45, 7) is 5.54. The number of carbonyl (C=O) groups excluding carboxylic acids is 1. The Morgan fingerprint density at radius 3 is 2.74 bits per heavy atom. The standard InChI is InChI=1S/C29H25ClN6O2/c1-29(2)20-8-7-18(15-23(20)36-22-6-3-5-21(30)24(22)26(37)33-28(29)36)17-9-13-34(14-10-17)27(38)19-16-32-35-12-4-11-31-25(19)35/h3-8,11-12,15-17H,9-10,13-14H2,1-2H3. The molecule has 3 aromatic heterocycles. The molecule has 2 aliphatic rings. The van der Waals surface area contributed by atoms with Gasteiger partial charge >= 0.3 is 0 Å². The molecule has 0 aliphatic carbocycles. The fourth-order valence-electron chi connectivity index (χ4n) is 6.09. The van der Waals surface area contributed by atoms with Crippen LogP contribution in [0.2, 0.25) is 5.02 Å². The Morgan fingerprint density at radius 1 is 1.11 bits per heavy atom. The quantitative estimate of drug-likeness (QED) is 0.333. The van der Waals surface area contributed by atoms with Crippen LogP contribution in [0.25, 0.3) is 22.2 Å². The lowest BCUT2D eigenvalue weighted by Gasteiger charge is -2.32.